The number of hydrogen-bond donors (Lipinski definition) is 2. The number of nitrogens with zero attached hydrogens (tertiary/aromatic N) is 3. The first-order chi connectivity index (χ1) is 15.7. The van der Waals surface area contributed by atoms with Gasteiger partial charge in [-0.3, -0.25) is 9.78 Å². The highest BCUT2D eigenvalue weighted by molar-refractivity contribution is 6.32. The van der Waals surface area contributed by atoms with E-state index in [9.17, 15) is 14.3 Å². The summed E-state index contributed by atoms with van der Waals surface area (Å²) in [6.45, 7) is 2.60. The molecule has 3 aromatic rings. The van der Waals surface area contributed by atoms with Gasteiger partial charge in [0.25, 0.3) is 0 Å². The van der Waals surface area contributed by atoms with Crippen molar-refractivity contribution >= 4 is 58.9 Å². The number of rotatable bonds is 6. The Bertz CT molecular complexity index is 1180. The Morgan fingerprint density at radius 1 is 1.20 bits per heavy atom. The number of Topliss-reactive ketones (excluding diaryl/α,β-unsaturated/α-hetero) is 1. The van der Waals surface area contributed by atoms with Crippen LogP contribution in [0.15, 0.2) is 30.5 Å². The minimum Gasteiger partial charge on any atom is -0.504 e. The van der Waals surface area contributed by atoms with Crippen LogP contribution in [0.3, 0.4) is 0 Å². The van der Waals surface area contributed by atoms with E-state index >= 15 is 0 Å². The number of carbonyl (C=O) groups is 1. The normalized spacial score (nSPS) is 17.5. The SMILES string of the molecule is CC(=O)c1cnc2ccc(-c3cc(F)c(O)c(Cl)c3)nc2c1N[C@H]1CC[C@H](CN(C)C)CC1.Cl.Cl. The van der Waals surface area contributed by atoms with Gasteiger partial charge in [-0.15, -0.1) is 24.8 Å². The molecule has 6 nitrogen and oxygen atoms in total. The van der Waals surface area contributed by atoms with Crippen molar-refractivity contribution in [3.05, 3.63) is 46.9 Å². The number of anilines is 1. The maximum Gasteiger partial charge on any atom is 0.170 e. The van der Waals surface area contributed by atoms with Gasteiger partial charge in [0.1, 0.15) is 5.52 Å². The van der Waals surface area contributed by atoms with E-state index in [2.05, 4.69) is 29.3 Å². The number of benzene rings is 1. The lowest BCUT2D eigenvalue weighted by molar-refractivity contribution is 0.101. The summed E-state index contributed by atoms with van der Waals surface area (Å²) in [4.78, 5) is 23.8. The largest absolute Gasteiger partial charge is 0.504 e. The van der Waals surface area contributed by atoms with Crippen LogP contribution >= 0.6 is 36.4 Å². The fourth-order valence-electron chi connectivity index (χ4n) is 4.56. The number of phenolic OH excluding ortho intramolecular Hbond substituents is 1. The first-order valence-corrected chi connectivity index (χ1v) is 11.5. The number of nitrogens with one attached hydrogen (secondary N) is 1. The van der Waals surface area contributed by atoms with E-state index in [1.807, 2.05) is 0 Å². The van der Waals surface area contributed by atoms with Gasteiger partial charge in [0.05, 0.1) is 27.5 Å². The molecule has 0 saturated heterocycles. The predicted molar refractivity (Wildman–Crippen MR) is 144 cm³/mol. The third-order valence-electron chi connectivity index (χ3n) is 6.22. The molecule has 2 aromatic heterocycles. The van der Waals surface area contributed by atoms with Gasteiger partial charge in [0.2, 0.25) is 0 Å². The standard InChI is InChI=1S/C25H28ClFN4O2.2ClH/c1-14(32)18-12-28-22-9-8-21(16-10-19(26)25(33)20(27)11-16)30-24(22)23(18)29-17-6-4-15(5-7-17)13-31(2)3;;/h8-12,15,17,33H,4-7,13H2,1-3H3,(H,28,29);2*1H/t15-,17-;;. The average Bonchev–Trinajstić information content (AvgIpc) is 2.77. The van der Waals surface area contributed by atoms with Crippen LogP contribution < -0.4 is 5.32 Å². The molecule has 0 aliphatic heterocycles. The average molecular weight is 544 g/mol. The van der Waals surface area contributed by atoms with Gasteiger partial charge in [-0.25, -0.2) is 9.37 Å². The second-order valence-electron chi connectivity index (χ2n) is 9.08. The maximum absolute atomic E-state index is 14.1. The molecular formula is C25H30Cl3FN4O2. The van der Waals surface area contributed by atoms with Crippen LogP contribution in [0.1, 0.15) is 43.0 Å². The Labute approximate surface area is 222 Å². The van der Waals surface area contributed by atoms with E-state index in [1.165, 1.54) is 19.1 Å². The van der Waals surface area contributed by atoms with Crippen LogP contribution in [-0.2, 0) is 0 Å². The third-order valence-corrected chi connectivity index (χ3v) is 6.51. The molecule has 0 spiro atoms. The van der Waals surface area contributed by atoms with Crippen LogP contribution in [0.2, 0.25) is 5.02 Å². The van der Waals surface area contributed by atoms with Crippen molar-refractivity contribution in [2.24, 2.45) is 5.92 Å². The van der Waals surface area contributed by atoms with Crippen LogP contribution in [0.25, 0.3) is 22.3 Å². The summed E-state index contributed by atoms with van der Waals surface area (Å²) in [5.74, 6) is -0.825. The van der Waals surface area contributed by atoms with Crippen molar-refractivity contribution in [3.63, 3.8) is 0 Å². The van der Waals surface area contributed by atoms with Crippen LogP contribution in [-0.4, -0.2) is 52.4 Å². The highest BCUT2D eigenvalue weighted by Crippen LogP contribution is 2.35. The molecule has 0 atom stereocenters. The summed E-state index contributed by atoms with van der Waals surface area (Å²) in [6.07, 6.45) is 5.86. The molecule has 1 aliphatic rings. The summed E-state index contributed by atoms with van der Waals surface area (Å²) in [5, 5.41) is 13.1. The Kier molecular flexibility index (Phi) is 10.1. The monoisotopic (exact) mass is 542 g/mol. The Morgan fingerprint density at radius 2 is 1.89 bits per heavy atom. The van der Waals surface area contributed by atoms with Crippen molar-refractivity contribution in [2.75, 3.05) is 26.0 Å². The smallest absolute Gasteiger partial charge is 0.170 e. The van der Waals surface area contributed by atoms with Crippen LogP contribution in [0.4, 0.5) is 10.1 Å². The molecule has 2 heterocycles. The molecule has 35 heavy (non-hydrogen) atoms. The third kappa shape index (κ3) is 6.53. The quantitative estimate of drug-likeness (QED) is 0.352. The minimum absolute atomic E-state index is 0. The summed E-state index contributed by atoms with van der Waals surface area (Å²) >= 11 is 5.97. The zero-order valence-corrected chi connectivity index (χ0v) is 22.2. The van der Waals surface area contributed by atoms with Crippen molar-refractivity contribution in [1.29, 1.82) is 0 Å². The zero-order valence-electron chi connectivity index (χ0n) is 19.8. The fourth-order valence-corrected chi connectivity index (χ4v) is 4.77. The van der Waals surface area contributed by atoms with Gasteiger partial charge in [-0.05, 0) is 76.9 Å². The molecule has 1 saturated carbocycles. The van der Waals surface area contributed by atoms with Gasteiger partial charge in [-0.2, -0.15) is 0 Å². The molecule has 2 N–H and O–H groups in total. The lowest BCUT2D eigenvalue weighted by atomic mass is 9.85. The lowest BCUT2D eigenvalue weighted by Crippen LogP contribution is -2.31. The van der Waals surface area contributed by atoms with E-state index in [0.717, 1.165) is 32.2 Å². The topological polar surface area (TPSA) is 78.3 Å². The van der Waals surface area contributed by atoms with E-state index in [1.54, 1.807) is 18.3 Å². The molecule has 1 aliphatic carbocycles. The number of pyridine rings is 2. The summed E-state index contributed by atoms with van der Waals surface area (Å²) in [6, 6.07) is 6.41. The van der Waals surface area contributed by atoms with Crippen LogP contribution in [0.5, 0.6) is 5.75 Å². The number of carbonyl (C=O) groups excluding carboxylic acids is 1. The fraction of sp³-hybridized carbons (Fsp3) is 0.400. The molecule has 10 heteroatoms. The van der Waals surface area contributed by atoms with E-state index in [4.69, 9.17) is 16.6 Å². The van der Waals surface area contributed by atoms with E-state index < -0.39 is 11.6 Å². The summed E-state index contributed by atoms with van der Waals surface area (Å²) in [7, 11) is 4.20. The molecule has 0 radical (unpaired) electrons. The lowest BCUT2D eigenvalue weighted by Gasteiger charge is -2.31. The summed E-state index contributed by atoms with van der Waals surface area (Å²) in [5.41, 5.74) is 3.25. The van der Waals surface area contributed by atoms with Gasteiger partial charge in [0.15, 0.2) is 17.3 Å². The second kappa shape index (κ2) is 12.2. The second-order valence-corrected chi connectivity index (χ2v) is 9.49. The molecule has 1 fully saturated rings. The highest BCUT2D eigenvalue weighted by Gasteiger charge is 2.24. The molecular weight excluding hydrogens is 514 g/mol. The zero-order chi connectivity index (χ0) is 23.7. The van der Waals surface area contributed by atoms with Gasteiger partial charge < -0.3 is 15.3 Å². The number of halogens is 4. The first kappa shape index (κ1) is 29.0. The van der Waals surface area contributed by atoms with E-state index in [-0.39, 0.29) is 41.7 Å². The minimum atomic E-state index is -0.817. The maximum atomic E-state index is 14.1. The number of fused-ring (bicyclic) bond motifs is 1. The van der Waals surface area contributed by atoms with Crippen molar-refractivity contribution in [3.8, 4) is 17.0 Å². The van der Waals surface area contributed by atoms with Gasteiger partial charge >= 0.3 is 0 Å². The van der Waals surface area contributed by atoms with E-state index in [0.29, 0.717) is 39.5 Å². The first-order valence-electron chi connectivity index (χ1n) is 11.1. The number of aromatic nitrogens is 2. The van der Waals surface area contributed by atoms with Crippen molar-refractivity contribution in [2.45, 2.75) is 38.6 Å². The predicted octanol–water partition coefficient (Wildman–Crippen LogP) is 6.37. The number of ketones is 1. The molecule has 190 valence electrons. The molecule has 0 amide bonds. The van der Waals surface area contributed by atoms with Crippen LogP contribution in [0, 0.1) is 11.7 Å². The summed E-state index contributed by atoms with van der Waals surface area (Å²) < 4.78 is 14.1. The molecule has 0 unspecified atom stereocenters. The van der Waals surface area contributed by atoms with Gasteiger partial charge in [0, 0.05) is 24.3 Å². The number of phenols is 1. The number of aromatic hydroxyl groups is 1. The molecule has 0 bridgehead atoms. The Balaban J connectivity index is 0.00000216. The Hall–Kier alpha value is -2.19. The highest BCUT2D eigenvalue weighted by atomic mass is 35.5. The Morgan fingerprint density at radius 3 is 2.49 bits per heavy atom. The number of hydrogen-bond acceptors (Lipinski definition) is 6. The van der Waals surface area contributed by atoms with Gasteiger partial charge in [-0.1, -0.05) is 11.6 Å². The molecule has 1 aromatic carbocycles. The molecule has 4 rings (SSSR count). The van der Waals surface area contributed by atoms with Crippen molar-refractivity contribution in [1.82, 2.24) is 14.9 Å². The van der Waals surface area contributed by atoms with Crippen molar-refractivity contribution < 1.29 is 14.3 Å².